The SMILES string of the molecule is C[C@]1(F)CN(c2nccc(N)n2)CC[C@H]1OCCO. The number of ether oxygens (including phenoxy) is 1. The number of nitrogen functional groups attached to an aromatic ring is 1. The maximum Gasteiger partial charge on any atom is 0.227 e. The second kappa shape index (κ2) is 5.66. The number of rotatable bonds is 4. The molecule has 19 heavy (non-hydrogen) atoms. The molecule has 0 aromatic carbocycles. The average Bonchev–Trinajstić information content (AvgIpc) is 2.36. The Morgan fingerprint density at radius 1 is 1.68 bits per heavy atom. The van der Waals surface area contributed by atoms with Crippen LogP contribution in [0.3, 0.4) is 0 Å². The van der Waals surface area contributed by atoms with Crippen LogP contribution in [0, 0.1) is 0 Å². The van der Waals surface area contributed by atoms with Gasteiger partial charge in [0.05, 0.1) is 25.9 Å². The third-order valence-electron chi connectivity index (χ3n) is 3.19. The fourth-order valence-electron chi connectivity index (χ4n) is 2.27. The van der Waals surface area contributed by atoms with Crippen molar-refractivity contribution in [3.05, 3.63) is 12.3 Å². The average molecular weight is 270 g/mol. The van der Waals surface area contributed by atoms with Crippen molar-refractivity contribution in [1.29, 1.82) is 0 Å². The van der Waals surface area contributed by atoms with Gasteiger partial charge in [-0.2, -0.15) is 4.98 Å². The Labute approximate surface area is 111 Å². The molecule has 1 aliphatic heterocycles. The van der Waals surface area contributed by atoms with E-state index in [0.29, 0.717) is 24.7 Å². The van der Waals surface area contributed by atoms with Crippen molar-refractivity contribution in [3.63, 3.8) is 0 Å². The van der Waals surface area contributed by atoms with E-state index in [1.54, 1.807) is 17.2 Å². The van der Waals surface area contributed by atoms with Crippen LogP contribution < -0.4 is 10.6 Å². The molecular formula is C12H19FN4O2. The van der Waals surface area contributed by atoms with Crippen LogP contribution in [0.25, 0.3) is 0 Å². The Bertz CT molecular complexity index is 430. The molecule has 0 spiro atoms. The molecule has 1 aromatic rings. The number of nitrogens with zero attached hydrogens (tertiary/aromatic N) is 3. The van der Waals surface area contributed by atoms with Gasteiger partial charge in [0.15, 0.2) is 5.67 Å². The third kappa shape index (κ3) is 3.30. The maximum atomic E-state index is 14.6. The van der Waals surface area contributed by atoms with Gasteiger partial charge in [0.25, 0.3) is 0 Å². The number of piperidine rings is 1. The summed E-state index contributed by atoms with van der Waals surface area (Å²) in [6, 6.07) is 1.59. The molecule has 0 radical (unpaired) electrons. The minimum Gasteiger partial charge on any atom is -0.394 e. The summed E-state index contributed by atoms with van der Waals surface area (Å²) in [6.07, 6.45) is 1.56. The van der Waals surface area contributed by atoms with Crippen LogP contribution >= 0.6 is 0 Å². The summed E-state index contributed by atoms with van der Waals surface area (Å²) in [5, 5.41) is 8.74. The first-order chi connectivity index (χ1) is 9.03. The number of alkyl halides is 1. The fraction of sp³-hybridized carbons (Fsp3) is 0.667. The lowest BCUT2D eigenvalue weighted by Gasteiger charge is -2.40. The molecule has 0 unspecified atom stereocenters. The Kier molecular flexibility index (Phi) is 4.16. The van der Waals surface area contributed by atoms with Gasteiger partial charge in [-0.3, -0.25) is 0 Å². The molecule has 1 fully saturated rings. The van der Waals surface area contributed by atoms with Gasteiger partial charge in [0.1, 0.15) is 5.82 Å². The summed E-state index contributed by atoms with van der Waals surface area (Å²) in [4.78, 5) is 9.96. The van der Waals surface area contributed by atoms with Crippen molar-refractivity contribution < 1.29 is 14.2 Å². The van der Waals surface area contributed by atoms with Crippen LogP contribution in [0.4, 0.5) is 16.2 Å². The molecule has 6 nitrogen and oxygen atoms in total. The number of anilines is 2. The highest BCUT2D eigenvalue weighted by Crippen LogP contribution is 2.29. The van der Waals surface area contributed by atoms with Crippen LogP contribution in [-0.2, 0) is 4.74 Å². The quantitative estimate of drug-likeness (QED) is 0.822. The summed E-state index contributed by atoms with van der Waals surface area (Å²) >= 11 is 0. The van der Waals surface area contributed by atoms with Crippen molar-refractivity contribution in [2.45, 2.75) is 25.1 Å². The number of nitrogens with two attached hydrogens (primary N) is 1. The zero-order valence-corrected chi connectivity index (χ0v) is 10.9. The van der Waals surface area contributed by atoms with Gasteiger partial charge in [-0.1, -0.05) is 0 Å². The predicted octanol–water partition coefficient (Wildman–Crippen LogP) is 0.375. The van der Waals surface area contributed by atoms with Crippen LogP contribution in [0.2, 0.25) is 0 Å². The van der Waals surface area contributed by atoms with Gasteiger partial charge in [0.2, 0.25) is 5.95 Å². The van der Waals surface area contributed by atoms with Crippen molar-refractivity contribution >= 4 is 11.8 Å². The Morgan fingerprint density at radius 3 is 3.11 bits per heavy atom. The topological polar surface area (TPSA) is 84.5 Å². The summed E-state index contributed by atoms with van der Waals surface area (Å²) in [7, 11) is 0. The standard InChI is InChI=1S/C12H19FN4O2/c1-12(13)8-17(5-3-9(12)19-7-6-18)11-15-4-2-10(14)16-11/h2,4,9,18H,3,5-8H2,1H3,(H2,14,15,16)/t9-,12+/m1/s1. The van der Waals surface area contributed by atoms with E-state index in [1.165, 1.54) is 6.92 Å². The zero-order chi connectivity index (χ0) is 13.9. The van der Waals surface area contributed by atoms with E-state index >= 15 is 0 Å². The van der Waals surface area contributed by atoms with Crippen molar-refractivity contribution in [1.82, 2.24) is 9.97 Å². The molecule has 1 saturated heterocycles. The summed E-state index contributed by atoms with van der Waals surface area (Å²) < 4.78 is 19.9. The summed E-state index contributed by atoms with van der Waals surface area (Å²) in [5.74, 6) is 0.800. The van der Waals surface area contributed by atoms with E-state index in [0.717, 1.165) is 0 Å². The molecule has 2 rings (SSSR count). The first-order valence-corrected chi connectivity index (χ1v) is 6.28. The summed E-state index contributed by atoms with van der Waals surface area (Å²) in [6.45, 7) is 2.28. The molecular weight excluding hydrogens is 251 g/mol. The minimum absolute atomic E-state index is 0.103. The first kappa shape index (κ1) is 14.0. The Morgan fingerprint density at radius 2 is 2.47 bits per heavy atom. The predicted molar refractivity (Wildman–Crippen MR) is 69.6 cm³/mol. The molecule has 0 bridgehead atoms. The highest BCUT2D eigenvalue weighted by Gasteiger charge is 2.41. The smallest absolute Gasteiger partial charge is 0.227 e. The van der Waals surface area contributed by atoms with E-state index in [9.17, 15) is 4.39 Å². The highest BCUT2D eigenvalue weighted by atomic mass is 19.1. The van der Waals surface area contributed by atoms with Gasteiger partial charge in [-0.25, -0.2) is 9.37 Å². The molecule has 0 amide bonds. The molecule has 1 aromatic heterocycles. The maximum absolute atomic E-state index is 14.6. The number of aliphatic hydroxyl groups is 1. The number of hydrogen-bond acceptors (Lipinski definition) is 6. The van der Waals surface area contributed by atoms with Crippen molar-refractivity contribution in [2.75, 3.05) is 36.9 Å². The highest BCUT2D eigenvalue weighted by molar-refractivity contribution is 5.38. The van der Waals surface area contributed by atoms with Crippen molar-refractivity contribution in [3.8, 4) is 0 Å². The fourth-order valence-corrected chi connectivity index (χ4v) is 2.27. The van der Waals surface area contributed by atoms with Crippen molar-refractivity contribution in [2.24, 2.45) is 0 Å². The van der Waals surface area contributed by atoms with E-state index in [4.69, 9.17) is 15.6 Å². The van der Waals surface area contributed by atoms with Crippen LogP contribution in [-0.4, -0.2) is 53.2 Å². The summed E-state index contributed by atoms with van der Waals surface area (Å²) in [5.41, 5.74) is 4.09. The third-order valence-corrected chi connectivity index (χ3v) is 3.19. The van der Waals surface area contributed by atoms with Gasteiger partial charge in [0, 0.05) is 12.7 Å². The lowest BCUT2D eigenvalue weighted by Crippen LogP contribution is -2.54. The molecule has 2 atom stereocenters. The normalized spacial score (nSPS) is 27.5. The molecule has 0 aliphatic carbocycles. The zero-order valence-electron chi connectivity index (χ0n) is 10.9. The number of aromatic nitrogens is 2. The monoisotopic (exact) mass is 270 g/mol. The van der Waals surface area contributed by atoms with E-state index in [-0.39, 0.29) is 19.8 Å². The second-order valence-corrected chi connectivity index (χ2v) is 4.85. The molecule has 2 heterocycles. The van der Waals surface area contributed by atoms with E-state index in [1.807, 2.05) is 0 Å². The Hall–Kier alpha value is -1.47. The largest absolute Gasteiger partial charge is 0.394 e. The van der Waals surface area contributed by atoms with Gasteiger partial charge < -0.3 is 20.5 Å². The lowest BCUT2D eigenvalue weighted by atomic mass is 9.93. The molecule has 106 valence electrons. The Balaban J connectivity index is 2.05. The number of aliphatic hydroxyl groups excluding tert-OH is 1. The van der Waals surface area contributed by atoms with Gasteiger partial charge in [-0.15, -0.1) is 0 Å². The van der Waals surface area contributed by atoms with Crippen LogP contribution in [0.1, 0.15) is 13.3 Å². The molecule has 1 aliphatic rings. The molecule has 7 heteroatoms. The lowest BCUT2D eigenvalue weighted by molar-refractivity contribution is -0.0703. The van der Waals surface area contributed by atoms with Crippen LogP contribution in [0.15, 0.2) is 12.3 Å². The first-order valence-electron chi connectivity index (χ1n) is 6.28. The van der Waals surface area contributed by atoms with E-state index < -0.39 is 11.8 Å². The van der Waals surface area contributed by atoms with Crippen LogP contribution in [0.5, 0.6) is 0 Å². The second-order valence-electron chi connectivity index (χ2n) is 4.85. The molecule has 0 saturated carbocycles. The number of hydrogen-bond donors (Lipinski definition) is 2. The van der Waals surface area contributed by atoms with Gasteiger partial charge in [-0.05, 0) is 19.4 Å². The number of halogens is 1. The van der Waals surface area contributed by atoms with Gasteiger partial charge >= 0.3 is 0 Å². The minimum atomic E-state index is -1.51. The molecule has 3 N–H and O–H groups in total. The van der Waals surface area contributed by atoms with E-state index in [2.05, 4.69) is 9.97 Å².